The molecule has 0 bridgehead atoms. The Labute approximate surface area is 168 Å². The minimum Gasteiger partial charge on any atom is -0.342 e. The van der Waals surface area contributed by atoms with Crippen molar-refractivity contribution >= 4 is 11.8 Å². The first kappa shape index (κ1) is 20.7. The van der Waals surface area contributed by atoms with Crippen LogP contribution in [0.15, 0.2) is 6.20 Å². The molecule has 0 aromatic carbocycles. The summed E-state index contributed by atoms with van der Waals surface area (Å²) >= 11 is 0. The molecule has 2 aliphatic heterocycles. The zero-order chi connectivity index (χ0) is 20.1. The summed E-state index contributed by atoms with van der Waals surface area (Å²) < 4.78 is 0. The van der Waals surface area contributed by atoms with E-state index >= 15 is 0 Å². The van der Waals surface area contributed by atoms with Gasteiger partial charge < -0.3 is 9.80 Å². The third kappa shape index (κ3) is 4.51. The van der Waals surface area contributed by atoms with Crippen molar-refractivity contribution in [3.8, 4) is 0 Å². The Hall–Kier alpha value is -2.02. The molecule has 3 rings (SSSR count). The maximum Gasteiger partial charge on any atom is 0.257 e. The number of aromatic nitrogens is 2. The van der Waals surface area contributed by atoms with Crippen molar-refractivity contribution in [2.45, 2.75) is 58.9 Å². The van der Waals surface area contributed by atoms with Gasteiger partial charge in [0.05, 0.1) is 23.8 Å². The van der Waals surface area contributed by atoms with E-state index in [0.29, 0.717) is 25.2 Å². The van der Waals surface area contributed by atoms with Crippen LogP contribution >= 0.6 is 0 Å². The molecule has 0 aliphatic carbocycles. The fraction of sp³-hybridized carbons (Fsp3) is 0.714. The highest BCUT2D eigenvalue weighted by atomic mass is 16.2. The lowest BCUT2D eigenvalue weighted by molar-refractivity contribution is -0.132. The fourth-order valence-electron chi connectivity index (χ4n) is 4.25. The van der Waals surface area contributed by atoms with E-state index in [1.807, 2.05) is 25.7 Å². The molecule has 28 heavy (non-hydrogen) atoms. The highest BCUT2D eigenvalue weighted by Crippen LogP contribution is 2.29. The predicted octanol–water partition coefficient (Wildman–Crippen LogP) is 2.42. The van der Waals surface area contributed by atoms with E-state index in [1.165, 1.54) is 0 Å². The van der Waals surface area contributed by atoms with Crippen LogP contribution in [0.1, 0.15) is 73.9 Å². The molecule has 1 atom stereocenters. The average Bonchev–Trinajstić information content (AvgIpc) is 3.24. The molecule has 3 heterocycles. The van der Waals surface area contributed by atoms with Gasteiger partial charge in [-0.1, -0.05) is 6.42 Å². The molecular formula is C21H33N5O2. The topological polar surface area (TPSA) is 69.6 Å². The lowest BCUT2D eigenvalue weighted by Crippen LogP contribution is -2.43. The van der Waals surface area contributed by atoms with Crippen LogP contribution in [-0.4, -0.2) is 75.8 Å². The maximum atomic E-state index is 12.7. The summed E-state index contributed by atoms with van der Waals surface area (Å²) in [6.07, 6.45) is 7.06. The second-order valence-corrected chi connectivity index (χ2v) is 7.77. The Morgan fingerprint density at radius 2 is 1.79 bits per heavy atom. The van der Waals surface area contributed by atoms with Gasteiger partial charge >= 0.3 is 0 Å². The van der Waals surface area contributed by atoms with Crippen molar-refractivity contribution in [3.05, 3.63) is 23.3 Å². The van der Waals surface area contributed by atoms with Gasteiger partial charge in [-0.2, -0.15) is 0 Å². The molecule has 0 unspecified atom stereocenters. The molecule has 1 aromatic heterocycles. The molecule has 2 fully saturated rings. The van der Waals surface area contributed by atoms with Crippen molar-refractivity contribution in [1.82, 2.24) is 24.7 Å². The van der Waals surface area contributed by atoms with Crippen molar-refractivity contribution in [3.63, 3.8) is 0 Å². The number of carbonyl (C=O) groups is 2. The summed E-state index contributed by atoms with van der Waals surface area (Å²) in [5.41, 5.74) is 1.29. The van der Waals surface area contributed by atoms with Crippen LogP contribution in [0.25, 0.3) is 0 Å². The summed E-state index contributed by atoms with van der Waals surface area (Å²) in [4.78, 5) is 40.5. The van der Waals surface area contributed by atoms with Crippen LogP contribution in [0, 0.1) is 6.92 Å². The lowest BCUT2D eigenvalue weighted by atomic mass is 10.0. The Morgan fingerprint density at radius 1 is 1.11 bits per heavy atom. The zero-order valence-corrected chi connectivity index (χ0v) is 17.5. The van der Waals surface area contributed by atoms with Crippen LogP contribution in [0.5, 0.6) is 0 Å². The fourth-order valence-corrected chi connectivity index (χ4v) is 4.25. The molecule has 7 heteroatoms. The molecular weight excluding hydrogens is 354 g/mol. The second kappa shape index (κ2) is 9.45. The van der Waals surface area contributed by atoms with E-state index in [-0.39, 0.29) is 17.9 Å². The number of hydrogen-bond donors (Lipinski definition) is 0. The van der Waals surface area contributed by atoms with E-state index in [9.17, 15) is 9.59 Å². The Bertz CT molecular complexity index is 698. The van der Waals surface area contributed by atoms with Crippen LogP contribution in [0.4, 0.5) is 0 Å². The van der Waals surface area contributed by atoms with Gasteiger partial charge in [0.15, 0.2) is 0 Å². The standard InChI is InChI=1S/C21H33N5O2/c1-4-24(5-2)21(28)17-14-22-20(23-16(17)3)18-10-6-7-13-26(18)15-19(27)25-11-8-9-12-25/h14,18H,4-13,15H2,1-3H3/t18-/m1/s1. The lowest BCUT2D eigenvalue weighted by Gasteiger charge is -2.35. The van der Waals surface area contributed by atoms with E-state index in [2.05, 4.69) is 9.88 Å². The van der Waals surface area contributed by atoms with Gasteiger partial charge in [-0.05, 0) is 53.0 Å². The Morgan fingerprint density at radius 3 is 2.43 bits per heavy atom. The number of rotatable bonds is 6. The molecule has 0 N–H and O–H groups in total. The first-order valence-corrected chi connectivity index (χ1v) is 10.7. The summed E-state index contributed by atoms with van der Waals surface area (Å²) in [7, 11) is 0. The van der Waals surface area contributed by atoms with Gasteiger partial charge in [0.1, 0.15) is 5.82 Å². The van der Waals surface area contributed by atoms with E-state index in [1.54, 1.807) is 11.1 Å². The highest BCUT2D eigenvalue weighted by Gasteiger charge is 2.30. The minimum absolute atomic E-state index is 0.0150. The smallest absolute Gasteiger partial charge is 0.257 e. The molecule has 1 aromatic rings. The number of carbonyl (C=O) groups excluding carboxylic acids is 2. The van der Waals surface area contributed by atoms with E-state index in [0.717, 1.165) is 63.3 Å². The minimum atomic E-state index is -0.0150. The van der Waals surface area contributed by atoms with E-state index < -0.39 is 0 Å². The SMILES string of the molecule is CCN(CC)C(=O)c1cnc([C@H]2CCCCN2CC(=O)N2CCCC2)nc1C. The first-order chi connectivity index (χ1) is 13.5. The van der Waals surface area contributed by atoms with Crippen LogP contribution < -0.4 is 0 Å². The van der Waals surface area contributed by atoms with Crippen molar-refractivity contribution in [1.29, 1.82) is 0 Å². The number of hydrogen-bond acceptors (Lipinski definition) is 5. The second-order valence-electron chi connectivity index (χ2n) is 7.77. The average molecular weight is 388 g/mol. The largest absolute Gasteiger partial charge is 0.342 e. The highest BCUT2D eigenvalue weighted by molar-refractivity contribution is 5.94. The monoisotopic (exact) mass is 387 g/mol. The number of nitrogens with zero attached hydrogens (tertiary/aromatic N) is 5. The Kier molecular flexibility index (Phi) is 6.99. The van der Waals surface area contributed by atoms with Gasteiger partial charge in [-0.15, -0.1) is 0 Å². The van der Waals surface area contributed by atoms with Crippen LogP contribution in [-0.2, 0) is 4.79 Å². The number of amides is 2. The third-order valence-electron chi connectivity index (χ3n) is 5.99. The first-order valence-electron chi connectivity index (χ1n) is 10.7. The summed E-state index contributed by atoms with van der Waals surface area (Å²) in [5.74, 6) is 0.940. The van der Waals surface area contributed by atoms with Gasteiger partial charge in [-0.3, -0.25) is 14.5 Å². The van der Waals surface area contributed by atoms with Crippen LogP contribution in [0.3, 0.4) is 0 Å². The molecule has 2 aliphatic rings. The molecule has 0 saturated carbocycles. The van der Waals surface area contributed by atoms with Gasteiger partial charge in [-0.25, -0.2) is 9.97 Å². The quantitative estimate of drug-likeness (QED) is 0.750. The molecule has 7 nitrogen and oxygen atoms in total. The summed E-state index contributed by atoms with van der Waals surface area (Å²) in [5, 5.41) is 0. The number of piperidine rings is 1. The van der Waals surface area contributed by atoms with Gasteiger partial charge in [0, 0.05) is 32.4 Å². The number of aryl methyl sites for hydroxylation is 1. The molecule has 154 valence electrons. The molecule has 2 amide bonds. The van der Waals surface area contributed by atoms with Crippen molar-refractivity contribution in [2.24, 2.45) is 0 Å². The summed E-state index contributed by atoms with van der Waals surface area (Å²) in [6, 6.07) is 0.0524. The van der Waals surface area contributed by atoms with Crippen molar-refractivity contribution < 1.29 is 9.59 Å². The van der Waals surface area contributed by atoms with Gasteiger partial charge in [0.2, 0.25) is 5.91 Å². The normalized spacial score (nSPS) is 20.4. The molecule has 0 radical (unpaired) electrons. The third-order valence-corrected chi connectivity index (χ3v) is 5.99. The maximum absolute atomic E-state index is 12.7. The zero-order valence-electron chi connectivity index (χ0n) is 17.5. The number of likely N-dealkylation sites (tertiary alicyclic amines) is 2. The Balaban J connectivity index is 1.75. The molecule has 0 spiro atoms. The van der Waals surface area contributed by atoms with Crippen LogP contribution in [0.2, 0.25) is 0 Å². The summed E-state index contributed by atoms with van der Waals surface area (Å²) in [6.45, 7) is 10.3. The van der Waals surface area contributed by atoms with Gasteiger partial charge in [0.25, 0.3) is 5.91 Å². The molecule has 2 saturated heterocycles. The predicted molar refractivity (Wildman–Crippen MR) is 108 cm³/mol. The van der Waals surface area contributed by atoms with Crippen molar-refractivity contribution in [2.75, 3.05) is 39.3 Å². The van der Waals surface area contributed by atoms with E-state index in [4.69, 9.17) is 4.98 Å².